The zero-order chi connectivity index (χ0) is 10.1. The van der Waals surface area contributed by atoms with E-state index in [0.717, 1.165) is 25.7 Å². The summed E-state index contributed by atoms with van der Waals surface area (Å²) in [4.78, 5) is 0. The Labute approximate surface area is 79.1 Å². The van der Waals surface area contributed by atoms with Crippen molar-refractivity contribution in [3.63, 3.8) is 0 Å². The maximum absolute atomic E-state index is 8.46. The minimum absolute atomic E-state index is 0.234. The van der Waals surface area contributed by atoms with E-state index in [1.807, 2.05) is 12.1 Å². The van der Waals surface area contributed by atoms with E-state index in [1.165, 1.54) is 0 Å². The fraction of sp³-hybridized carbons (Fsp3) is 0.778. The van der Waals surface area contributed by atoms with Gasteiger partial charge in [-0.2, -0.15) is 10.5 Å². The monoisotopic (exact) mass is 180 g/mol. The summed E-state index contributed by atoms with van der Waals surface area (Å²) in [5.41, 5.74) is 10.7. The minimum atomic E-state index is -0.452. The molecule has 4 N–H and O–H groups in total. The van der Waals surface area contributed by atoms with Crippen molar-refractivity contribution in [1.29, 1.82) is 10.5 Å². The summed E-state index contributed by atoms with van der Waals surface area (Å²) in [6, 6.07) is 3.88. The topological polar surface area (TPSA) is 99.6 Å². The molecule has 0 aliphatic rings. The van der Waals surface area contributed by atoms with Gasteiger partial charge in [0.05, 0.1) is 18.3 Å². The van der Waals surface area contributed by atoms with Crippen LogP contribution in [0.4, 0.5) is 0 Å². The van der Waals surface area contributed by atoms with E-state index >= 15 is 0 Å². The van der Waals surface area contributed by atoms with E-state index in [1.54, 1.807) is 0 Å². The van der Waals surface area contributed by atoms with Crippen molar-refractivity contribution < 1.29 is 0 Å². The number of nitrogens with two attached hydrogens (primary N) is 2. The Morgan fingerprint density at radius 3 is 1.92 bits per heavy atom. The summed E-state index contributed by atoms with van der Waals surface area (Å²) in [5, 5.41) is 16.9. The standard InChI is InChI=1S/C9H16N4/c10-6-8(7-11)4-2-1-3-5-9(12)13/h8-9H,1-5,12-13H2. The molecule has 0 fully saturated rings. The largest absolute Gasteiger partial charge is 0.316 e. The molecule has 0 heterocycles. The van der Waals surface area contributed by atoms with E-state index in [9.17, 15) is 0 Å². The average molecular weight is 180 g/mol. The lowest BCUT2D eigenvalue weighted by atomic mass is 10.0. The Bertz CT molecular complexity index is 185. The lowest BCUT2D eigenvalue weighted by Crippen LogP contribution is -2.29. The van der Waals surface area contributed by atoms with E-state index < -0.39 is 5.92 Å². The molecule has 13 heavy (non-hydrogen) atoms. The Morgan fingerprint density at radius 2 is 1.46 bits per heavy atom. The number of hydrogen-bond donors (Lipinski definition) is 2. The van der Waals surface area contributed by atoms with Gasteiger partial charge in [-0.15, -0.1) is 0 Å². The lowest BCUT2D eigenvalue weighted by Gasteiger charge is -2.04. The molecule has 72 valence electrons. The number of rotatable bonds is 6. The highest BCUT2D eigenvalue weighted by Crippen LogP contribution is 2.09. The molecule has 4 nitrogen and oxygen atoms in total. The second kappa shape index (κ2) is 7.54. The molecule has 0 aromatic carbocycles. The summed E-state index contributed by atoms with van der Waals surface area (Å²) in [7, 11) is 0. The van der Waals surface area contributed by atoms with Crippen LogP contribution in [0, 0.1) is 28.6 Å². The molecule has 0 unspecified atom stereocenters. The highest BCUT2D eigenvalue weighted by Gasteiger charge is 2.04. The number of hydrogen-bond acceptors (Lipinski definition) is 4. The fourth-order valence-electron chi connectivity index (χ4n) is 1.06. The molecule has 0 rings (SSSR count). The highest BCUT2D eigenvalue weighted by atomic mass is 14.8. The molecule has 0 aromatic rings. The fourth-order valence-corrected chi connectivity index (χ4v) is 1.06. The first kappa shape index (κ1) is 11.9. The average Bonchev–Trinajstić information content (AvgIpc) is 2.11. The first-order chi connectivity index (χ1) is 6.20. The van der Waals surface area contributed by atoms with Crippen molar-refractivity contribution in [2.45, 2.75) is 38.3 Å². The highest BCUT2D eigenvalue weighted by molar-refractivity contribution is 4.98. The van der Waals surface area contributed by atoms with Gasteiger partial charge in [-0.3, -0.25) is 0 Å². The van der Waals surface area contributed by atoms with Gasteiger partial charge in [0.25, 0.3) is 0 Å². The van der Waals surface area contributed by atoms with Crippen molar-refractivity contribution in [2.24, 2.45) is 17.4 Å². The molecule has 0 saturated heterocycles. The molecule has 0 aliphatic heterocycles. The van der Waals surface area contributed by atoms with Crippen molar-refractivity contribution in [3.8, 4) is 12.1 Å². The third kappa shape index (κ3) is 7.27. The predicted octanol–water partition coefficient (Wildman–Crippen LogP) is 0.844. The van der Waals surface area contributed by atoms with Gasteiger partial charge in [-0.25, -0.2) is 0 Å². The number of nitriles is 2. The Kier molecular flexibility index (Phi) is 6.91. The Balaban J connectivity index is 3.27. The lowest BCUT2D eigenvalue weighted by molar-refractivity contribution is 0.542. The summed E-state index contributed by atoms with van der Waals surface area (Å²) >= 11 is 0. The smallest absolute Gasteiger partial charge is 0.133 e. The van der Waals surface area contributed by atoms with Gasteiger partial charge in [0.1, 0.15) is 5.92 Å². The zero-order valence-corrected chi connectivity index (χ0v) is 7.74. The van der Waals surface area contributed by atoms with Crippen molar-refractivity contribution in [1.82, 2.24) is 0 Å². The van der Waals surface area contributed by atoms with Gasteiger partial charge in [-0.05, 0) is 12.8 Å². The van der Waals surface area contributed by atoms with Crippen molar-refractivity contribution in [3.05, 3.63) is 0 Å². The van der Waals surface area contributed by atoms with Gasteiger partial charge >= 0.3 is 0 Å². The summed E-state index contributed by atoms with van der Waals surface area (Å²) in [5.74, 6) is -0.452. The maximum Gasteiger partial charge on any atom is 0.133 e. The van der Waals surface area contributed by atoms with Crippen LogP contribution in [0.5, 0.6) is 0 Å². The Hall–Kier alpha value is -1.10. The van der Waals surface area contributed by atoms with Crippen LogP contribution in [-0.2, 0) is 0 Å². The molecule has 0 atom stereocenters. The van der Waals surface area contributed by atoms with Crippen LogP contribution in [-0.4, -0.2) is 6.17 Å². The van der Waals surface area contributed by atoms with Gasteiger partial charge in [0, 0.05) is 0 Å². The molecule has 0 aromatic heterocycles. The second-order valence-corrected chi connectivity index (χ2v) is 3.11. The molecule has 4 heteroatoms. The van der Waals surface area contributed by atoms with Gasteiger partial charge < -0.3 is 11.5 Å². The van der Waals surface area contributed by atoms with Crippen molar-refractivity contribution >= 4 is 0 Å². The molecule has 0 aliphatic carbocycles. The van der Waals surface area contributed by atoms with E-state index in [2.05, 4.69) is 0 Å². The summed E-state index contributed by atoms with van der Waals surface area (Å²) in [6.45, 7) is 0. The molecule has 0 radical (unpaired) electrons. The molecule has 0 spiro atoms. The van der Waals surface area contributed by atoms with E-state index in [0.29, 0.717) is 6.42 Å². The van der Waals surface area contributed by atoms with Crippen LogP contribution in [0.3, 0.4) is 0 Å². The normalized spacial score (nSPS) is 10.0. The molecule has 0 amide bonds. The zero-order valence-electron chi connectivity index (χ0n) is 7.74. The maximum atomic E-state index is 8.46. The van der Waals surface area contributed by atoms with Crippen LogP contribution >= 0.6 is 0 Å². The third-order valence-corrected chi connectivity index (χ3v) is 1.84. The van der Waals surface area contributed by atoms with Gasteiger partial charge in [-0.1, -0.05) is 19.3 Å². The van der Waals surface area contributed by atoms with Crippen LogP contribution in [0.2, 0.25) is 0 Å². The molecular formula is C9H16N4. The van der Waals surface area contributed by atoms with Crippen LogP contribution < -0.4 is 11.5 Å². The molecular weight excluding hydrogens is 164 g/mol. The SMILES string of the molecule is N#CC(C#N)CCCCCC(N)N. The minimum Gasteiger partial charge on any atom is -0.316 e. The van der Waals surface area contributed by atoms with Crippen LogP contribution in [0.1, 0.15) is 32.1 Å². The first-order valence-electron chi connectivity index (χ1n) is 4.51. The predicted molar refractivity (Wildman–Crippen MR) is 50.0 cm³/mol. The first-order valence-corrected chi connectivity index (χ1v) is 4.51. The molecule has 0 bridgehead atoms. The number of unbranched alkanes of at least 4 members (excludes halogenated alkanes) is 2. The second-order valence-electron chi connectivity index (χ2n) is 3.11. The quantitative estimate of drug-likeness (QED) is 0.467. The van der Waals surface area contributed by atoms with Gasteiger partial charge in [0.2, 0.25) is 0 Å². The summed E-state index contributed by atoms with van der Waals surface area (Å²) in [6.07, 6.45) is 4.10. The number of nitrogens with zero attached hydrogens (tertiary/aromatic N) is 2. The van der Waals surface area contributed by atoms with Crippen molar-refractivity contribution in [2.75, 3.05) is 0 Å². The van der Waals surface area contributed by atoms with E-state index in [4.69, 9.17) is 22.0 Å². The van der Waals surface area contributed by atoms with Gasteiger partial charge in [0.15, 0.2) is 0 Å². The Morgan fingerprint density at radius 1 is 0.923 bits per heavy atom. The molecule has 0 saturated carbocycles. The van der Waals surface area contributed by atoms with E-state index in [-0.39, 0.29) is 6.17 Å². The van der Waals surface area contributed by atoms with Crippen LogP contribution in [0.15, 0.2) is 0 Å². The van der Waals surface area contributed by atoms with Crippen LogP contribution in [0.25, 0.3) is 0 Å². The summed E-state index contributed by atoms with van der Waals surface area (Å²) < 4.78 is 0. The third-order valence-electron chi connectivity index (χ3n) is 1.84.